The highest BCUT2D eigenvalue weighted by atomic mass is 19.1. The van der Waals surface area contributed by atoms with Gasteiger partial charge >= 0.3 is 5.97 Å². The number of hydrogen-bond acceptors (Lipinski definition) is 3. The normalized spacial score (nSPS) is 10.2. The monoisotopic (exact) mass is 319 g/mol. The minimum Gasteiger partial charge on any atom is -0.456 e. The molecule has 1 N–H and O–H groups in total. The molecule has 2 aromatic rings. The highest BCUT2D eigenvalue weighted by molar-refractivity contribution is 5.92. The first kappa shape index (κ1) is 16.6. The van der Waals surface area contributed by atoms with Gasteiger partial charge < -0.3 is 10.1 Å². The van der Waals surface area contributed by atoms with E-state index in [-0.39, 0.29) is 12.2 Å². The number of carbonyl (C=O) groups is 2. The molecule has 0 saturated carbocycles. The second kappa shape index (κ2) is 8.03. The molecule has 23 heavy (non-hydrogen) atoms. The molecule has 0 bridgehead atoms. The van der Waals surface area contributed by atoms with E-state index in [1.807, 2.05) is 0 Å². The van der Waals surface area contributed by atoms with Crippen molar-refractivity contribution in [2.24, 2.45) is 0 Å². The molecule has 0 heterocycles. The Morgan fingerprint density at radius 1 is 0.913 bits per heavy atom. The van der Waals surface area contributed by atoms with Crippen LogP contribution in [0.5, 0.6) is 0 Å². The number of aryl methyl sites for hydroxylation is 1. The molecule has 1 amide bonds. The topological polar surface area (TPSA) is 55.4 Å². The fourth-order valence-corrected chi connectivity index (χ4v) is 1.85. The smallest absolute Gasteiger partial charge is 0.306 e. The van der Waals surface area contributed by atoms with Crippen molar-refractivity contribution in [1.82, 2.24) is 0 Å². The lowest BCUT2D eigenvalue weighted by molar-refractivity contribution is -0.147. The predicted octanol–water partition coefficient (Wildman–Crippen LogP) is 3.08. The lowest BCUT2D eigenvalue weighted by Crippen LogP contribution is -2.21. The van der Waals surface area contributed by atoms with Crippen molar-refractivity contribution in [1.29, 1.82) is 0 Å². The van der Waals surface area contributed by atoms with Crippen molar-refractivity contribution < 1.29 is 23.1 Å². The first-order chi connectivity index (χ1) is 11.0. The molecule has 120 valence electrons. The number of anilines is 1. The van der Waals surface area contributed by atoms with Crippen LogP contribution in [0.4, 0.5) is 14.5 Å². The van der Waals surface area contributed by atoms with Crippen molar-refractivity contribution in [3.8, 4) is 0 Å². The van der Waals surface area contributed by atoms with Gasteiger partial charge in [0, 0.05) is 12.1 Å². The highest BCUT2D eigenvalue weighted by Gasteiger charge is 2.08. The van der Waals surface area contributed by atoms with Gasteiger partial charge in [0.2, 0.25) is 0 Å². The van der Waals surface area contributed by atoms with Crippen LogP contribution >= 0.6 is 0 Å². The molecular weight excluding hydrogens is 304 g/mol. The summed E-state index contributed by atoms with van der Waals surface area (Å²) in [6.07, 6.45) is 0.494. The Morgan fingerprint density at radius 2 is 1.48 bits per heavy atom. The van der Waals surface area contributed by atoms with Crippen LogP contribution in [0.1, 0.15) is 12.0 Å². The Morgan fingerprint density at radius 3 is 2.09 bits per heavy atom. The van der Waals surface area contributed by atoms with Gasteiger partial charge in [-0.1, -0.05) is 12.1 Å². The molecule has 0 fully saturated rings. The van der Waals surface area contributed by atoms with E-state index in [0.717, 1.165) is 5.56 Å². The summed E-state index contributed by atoms with van der Waals surface area (Å²) >= 11 is 0. The third kappa shape index (κ3) is 5.86. The third-order valence-corrected chi connectivity index (χ3v) is 3.02. The van der Waals surface area contributed by atoms with Crippen molar-refractivity contribution in [2.45, 2.75) is 12.8 Å². The number of hydrogen-bond donors (Lipinski definition) is 1. The summed E-state index contributed by atoms with van der Waals surface area (Å²) < 4.78 is 30.3. The van der Waals surface area contributed by atoms with Crippen LogP contribution in [-0.2, 0) is 20.7 Å². The average Bonchev–Trinajstić information content (AvgIpc) is 2.54. The molecule has 0 spiro atoms. The van der Waals surface area contributed by atoms with E-state index in [4.69, 9.17) is 4.74 Å². The highest BCUT2D eigenvalue weighted by Crippen LogP contribution is 2.08. The number of rotatable bonds is 6. The van der Waals surface area contributed by atoms with Crippen LogP contribution in [0.2, 0.25) is 0 Å². The number of carbonyl (C=O) groups excluding carboxylic acids is 2. The van der Waals surface area contributed by atoms with Crippen molar-refractivity contribution >= 4 is 17.6 Å². The van der Waals surface area contributed by atoms with E-state index in [1.165, 1.54) is 36.4 Å². The summed E-state index contributed by atoms with van der Waals surface area (Å²) in [6, 6.07) is 11.0. The first-order valence-corrected chi connectivity index (χ1v) is 6.98. The van der Waals surface area contributed by atoms with Gasteiger partial charge in [0.05, 0.1) is 0 Å². The van der Waals surface area contributed by atoms with Crippen LogP contribution in [0, 0.1) is 11.6 Å². The molecule has 2 aromatic carbocycles. The SMILES string of the molecule is O=C(COC(=O)CCc1ccc(F)cc1)Nc1ccc(F)cc1. The fraction of sp³-hybridized carbons (Fsp3) is 0.176. The van der Waals surface area contributed by atoms with Gasteiger partial charge in [-0.2, -0.15) is 0 Å². The van der Waals surface area contributed by atoms with Gasteiger partial charge in [-0.15, -0.1) is 0 Å². The van der Waals surface area contributed by atoms with Crippen molar-refractivity contribution in [3.05, 3.63) is 65.7 Å². The van der Waals surface area contributed by atoms with Gasteiger partial charge in [-0.05, 0) is 48.4 Å². The first-order valence-electron chi connectivity index (χ1n) is 6.98. The molecule has 0 aliphatic heterocycles. The minimum atomic E-state index is -0.524. The summed E-state index contributed by atoms with van der Waals surface area (Å²) in [5.41, 5.74) is 1.22. The minimum absolute atomic E-state index is 0.0927. The summed E-state index contributed by atoms with van der Waals surface area (Å²) in [4.78, 5) is 23.1. The fourth-order valence-electron chi connectivity index (χ4n) is 1.85. The Hall–Kier alpha value is -2.76. The maximum Gasteiger partial charge on any atom is 0.306 e. The van der Waals surface area contributed by atoms with Crippen molar-refractivity contribution in [3.63, 3.8) is 0 Å². The summed E-state index contributed by atoms with van der Waals surface area (Å²) in [5, 5.41) is 2.48. The quantitative estimate of drug-likeness (QED) is 0.833. The van der Waals surface area contributed by atoms with E-state index < -0.39 is 24.3 Å². The third-order valence-electron chi connectivity index (χ3n) is 3.02. The Labute approximate surface area is 132 Å². The van der Waals surface area contributed by atoms with Gasteiger partial charge in [-0.25, -0.2) is 8.78 Å². The van der Waals surface area contributed by atoms with E-state index >= 15 is 0 Å². The second-order valence-electron chi connectivity index (χ2n) is 4.84. The number of halogens is 2. The molecular formula is C17H15F2NO3. The number of benzene rings is 2. The summed E-state index contributed by atoms with van der Waals surface area (Å²) in [7, 11) is 0. The molecule has 0 unspecified atom stereocenters. The van der Waals surface area contributed by atoms with Gasteiger partial charge in [0.15, 0.2) is 6.61 Å². The van der Waals surface area contributed by atoms with Gasteiger partial charge in [0.25, 0.3) is 5.91 Å². The van der Waals surface area contributed by atoms with Crippen LogP contribution in [0.25, 0.3) is 0 Å². The van der Waals surface area contributed by atoms with E-state index in [2.05, 4.69) is 5.32 Å². The van der Waals surface area contributed by atoms with Gasteiger partial charge in [0.1, 0.15) is 11.6 Å². The molecule has 4 nitrogen and oxygen atoms in total. The van der Waals surface area contributed by atoms with E-state index in [1.54, 1.807) is 12.1 Å². The second-order valence-corrected chi connectivity index (χ2v) is 4.84. The van der Waals surface area contributed by atoms with Crippen LogP contribution in [0.3, 0.4) is 0 Å². The number of nitrogens with one attached hydrogen (secondary N) is 1. The lowest BCUT2D eigenvalue weighted by atomic mass is 10.1. The van der Waals surface area contributed by atoms with Gasteiger partial charge in [-0.3, -0.25) is 9.59 Å². The zero-order valence-corrected chi connectivity index (χ0v) is 12.2. The maximum absolute atomic E-state index is 12.7. The summed E-state index contributed by atoms with van der Waals surface area (Å²) in [6.45, 7) is -0.417. The molecule has 0 aliphatic carbocycles. The Bertz CT molecular complexity index is 669. The number of esters is 1. The zero-order valence-electron chi connectivity index (χ0n) is 12.2. The standard InChI is InChI=1S/C17H15F2NO3/c18-13-4-1-12(2-5-13)3-10-17(22)23-11-16(21)20-15-8-6-14(19)7-9-15/h1-2,4-9H,3,10-11H2,(H,20,21). The largest absolute Gasteiger partial charge is 0.456 e. The number of ether oxygens (including phenoxy) is 1. The lowest BCUT2D eigenvalue weighted by Gasteiger charge is -2.06. The molecule has 0 atom stereocenters. The van der Waals surface area contributed by atoms with E-state index in [9.17, 15) is 18.4 Å². The zero-order chi connectivity index (χ0) is 16.7. The maximum atomic E-state index is 12.7. The summed E-state index contributed by atoms with van der Waals surface area (Å²) in [5.74, 6) is -1.78. The molecule has 0 aromatic heterocycles. The molecule has 0 aliphatic rings. The number of amides is 1. The molecule has 2 rings (SSSR count). The van der Waals surface area contributed by atoms with Crippen LogP contribution in [-0.4, -0.2) is 18.5 Å². The average molecular weight is 319 g/mol. The molecule has 6 heteroatoms. The molecule has 0 saturated heterocycles. The Balaban J connectivity index is 1.70. The Kier molecular flexibility index (Phi) is 5.80. The molecule has 0 radical (unpaired) electrons. The predicted molar refractivity (Wildman–Crippen MR) is 80.7 cm³/mol. The van der Waals surface area contributed by atoms with E-state index in [0.29, 0.717) is 12.1 Å². The van der Waals surface area contributed by atoms with Crippen LogP contribution in [0.15, 0.2) is 48.5 Å². The van der Waals surface area contributed by atoms with Crippen molar-refractivity contribution in [2.75, 3.05) is 11.9 Å². The van der Waals surface area contributed by atoms with Crippen LogP contribution < -0.4 is 5.32 Å².